The lowest BCUT2D eigenvalue weighted by atomic mass is 9.99. The number of carboxylic acid groups (broad SMARTS) is 1. The topological polar surface area (TPSA) is 132 Å². The van der Waals surface area contributed by atoms with Crippen molar-refractivity contribution in [1.82, 2.24) is 4.98 Å². The van der Waals surface area contributed by atoms with E-state index in [1.807, 2.05) is 0 Å². The van der Waals surface area contributed by atoms with Crippen molar-refractivity contribution in [1.29, 1.82) is 0 Å². The van der Waals surface area contributed by atoms with Gasteiger partial charge in [-0.2, -0.15) is 0 Å². The molecule has 24 heavy (non-hydrogen) atoms. The molecule has 0 amide bonds. The molecule has 1 aromatic carbocycles. The van der Waals surface area contributed by atoms with Crippen molar-refractivity contribution in [2.45, 2.75) is 30.7 Å². The third-order valence-corrected chi connectivity index (χ3v) is 5.04. The summed E-state index contributed by atoms with van der Waals surface area (Å²) < 4.78 is 11.2. The average Bonchev–Trinajstić information content (AvgIpc) is 2.94. The Hall–Kier alpha value is -1.36. The number of benzene rings is 1. The predicted molar refractivity (Wildman–Crippen MR) is 86.0 cm³/mol. The molecule has 1 fully saturated rings. The summed E-state index contributed by atoms with van der Waals surface area (Å²) in [6.45, 7) is 0. The van der Waals surface area contributed by atoms with E-state index in [4.69, 9.17) is 26.2 Å². The van der Waals surface area contributed by atoms with E-state index in [9.17, 15) is 20.1 Å². The van der Waals surface area contributed by atoms with Gasteiger partial charge in [0.25, 0.3) is 0 Å². The SMILES string of the molecule is O=C(O)[C@H]1O[C@H](Oc2c[nH]c3ccc(Br)c(Cl)c23)[C@H](O)[C@@H](O)[C@@H]1O. The first-order valence-corrected chi connectivity index (χ1v) is 8.02. The van der Waals surface area contributed by atoms with E-state index < -0.39 is 36.7 Å². The van der Waals surface area contributed by atoms with Gasteiger partial charge in [0.15, 0.2) is 6.10 Å². The maximum atomic E-state index is 11.1. The molecule has 0 radical (unpaired) electrons. The Morgan fingerprint density at radius 1 is 1.25 bits per heavy atom. The van der Waals surface area contributed by atoms with Gasteiger partial charge in [0.05, 0.1) is 15.9 Å². The number of aliphatic hydroxyl groups is 3. The molecule has 2 aromatic rings. The molecule has 10 heteroatoms. The van der Waals surface area contributed by atoms with Gasteiger partial charge in [0, 0.05) is 10.7 Å². The summed E-state index contributed by atoms with van der Waals surface area (Å²) in [5.41, 5.74) is 0.652. The molecule has 0 bridgehead atoms. The zero-order chi connectivity index (χ0) is 17.6. The number of carboxylic acids is 1. The van der Waals surface area contributed by atoms with Crippen LogP contribution in [-0.2, 0) is 9.53 Å². The standard InChI is InChI=1S/C14H13BrClNO7/c15-4-1-2-5-7(8(4)16)6(3-17-5)23-14-11(20)9(18)10(19)12(24-14)13(21)22/h1-3,9-12,14,17-20H,(H,21,22)/t9-,10-,11+,12-,14-/m0/s1. The molecule has 0 spiro atoms. The molecule has 5 N–H and O–H groups in total. The molecule has 2 heterocycles. The summed E-state index contributed by atoms with van der Waals surface area (Å²) >= 11 is 9.51. The number of nitrogens with one attached hydrogen (secondary N) is 1. The Kier molecular flexibility index (Phi) is 4.73. The van der Waals surface area contributed by atoms with E-state index >= 15 is 0 Å². The maximum Gasteiger partial charge on any atom is 0.335 e. The summed E-state index contributed by atoms with van der Waals surface area (Å²) in [5.74, 6) is -1.28. The molecular weight excluding hydrogens is 410 g/mol. The first-order valence-electron chi connectivity index (χ1n) is 6.85. The molecule has 0 aliphatic carbocycles. The number of hydrogen-bond donors (Lipinski definition) is 5. The molecule has 5 atom stereocenters. The highest BCUT2D eigenvalue weighted by Gasteiger charge is 2.48. The number of aromatic amines is 1. The van der Waals surface area contributed by atoms with Crippen molar-refractivity contribution in [2.24, 2.45) is 0 Å². The van der Waals surface area contributed by atoms with Gasteiger partial charge in [-0.15, -0.1) is 0 Å². The second-order valence-corrected chi connectivity index (χ2v) is 6.52. The average molecular weight is 423 g/mol. The molecule has 8 nitrogen and oxygen atoms in total. The summed E-state index contributed by atoms with van der Waals surface area (Å²) in [4.78, 5) is 14.0. The third kappa shape index (κ3) is 2.87. The van der Waals surface area contributed by atoms with E-state index in [2.05, 4.69) is 20.9 Å². The molecule has 1 aliphatic heterocycles. The van der Waals surface area contributed by atoms with Crippen LogP contribution in [0, 0.1) is 0 Å². The number of halogens is 2. The number of ether oxygens (including phenoxy) is 2. The highest BCUT2D eigenvalue weighted by atomic mass is 79.9. The van der Waals surface area contributed by atoms with Crippen molar-refractivity contribution in [2.75, 3.05) is 0 Å². The zero-order valence-electron chi connectivity index (χ0n) is 11.9. The van der Waals surface area contributed by atoms with Gasteiger partial charge in [-0.3, -0.25) is 0 Å². The number of rotatable bonds is 3. The predicted octanol–water partition coefficient (Wildman–Crippen LogP) is 0.855. The molecule has 0 saturated carbocycles. The lowest BCUT2D eigenvalue weighted by molar-refractivity contribution is -0.270. The van der Waals surface area contributed by atoms with Gasteiger partial charge in [0.2, 0.25) is 6.29 Å². The maximum absolute atomic E-state index is 11.1. The molecule has 1 aromatic heterocycles. The first-order chi connectivity index (χ1) is 11.3. The lowest BCUT2D eigenvalue weighted by Gasteiger charge is -2.38. The van der Waals surface area contributed by atoms with E-state index in [0.29, 0.717) is 20.4 Å². The monoisotopic (exact) mass is 421 g/mol. The van der Waals surface area contributed by atoms with Crippen molar-refractivity contribution in [3.63, 3.8) is 0 Å². The van der Waals surface area contributed by atoms with Crippen molar-refractivity contribution in [3.05, 3.63) is 27.8 Å². The van der Waals surface area contributed by atoms with Crippen LogP contribution in [0.4, 0.5) is 0 Å². The summed E-state index contributed by atoms with van der Waals surface area (Å²) in [7, 11) is 0. The molecule has 1 saturated heterocycles. The minimum atomic E-state index is -1.78. The first kappa shape index (κ1) is 17.5. The van der Waals surface area contributed by atoms with E-state index in [-0.39, 0.29) is 5.75 Å². The number of carbonyl (C=O) groups is 1. The van der Waals surface area contributed by atoms with Crippen molar-refractivity contribution >= 4 is 44.4 Å². The summed E-state index contributed by atoms with van der Waals surface area (Å²) in [6.07, 6.45) is -6.94. The van der Waals surface area contributed by atoms with Crippen LogP contribution in [-0.4, -0.2) is 62.1 Å². The van der Waals surface area contributed by atoms with Gasteiger partial charge in [0.1, 0.15) is 24.1 Å². The van der Waals surface area contributed by atoms with Crippen LogP contribution in [0.1, 0.15) is 0 Å². The minimum absolute atomic E-state index is 0.202. The normalized spacial score (nSPS) is 30.5. The van der Waals surface area contributed by atoms with Crippen LogP contribution in [0.3, 0.4) is 0 Å². The molecular formula is C14H13BrClNO7. The lowest BCUT2D eigenvalue weighted by Crippen LogP contribution is -2.61. The Labute approximate surface area is 148 Å². The highest BCUT2D eigenvalue weighted by Crippen LogP contribution is 2.38. The number of fused-ring (bicyclic) bond motifs is 1. The largest absolute Gasteiger partial charge is 0.479 e. The molecule has 0 unspecified atom stereocenters. The summed E-state index contributed by atoms with van der Waals surface area (Å²) in [6, 6.07) is 3.48. The fourth-order valence-electron chi connectivity index (χ4n) is 2.49. The number of aliphatic carboxylic acids is 1. The zero-order valence-corrected chi connectivity index (χ0v) is 14.2. The Morgan fingerprint density at radius 2 is 1.96 bits per heavy atom. The highest BCUT2D eigenvalue weighted by molar-refractivity contribution is 9.10. The van der Waals surface area contributed by atoms with Gasteiger partial charge >= 0.3 is 5.97 Å². The number of hydrogen-bond acceptors (Lipinski definition) is 6. The van der Waals surface area contributed by atoms with Crippen LogP contribution >= 0.6 is 27.5 Å². The second kappa shape index (κ2) is 6.51. The van der Waals surface area contributed by atoms with Gasteiger partial charge in [-0.05, 0) is 28.1 Å². The van der Waals surface area contributed by atoms with E-state index in [1.165, 1.54) is 6.20 Å². The summed E-state index contributed by atoms with van der Waals surface area (Å²) in [5, 5.41) is 39.4. The van der Waals surface area contributed by atoms with Crippen molar-refractivity contribution < 1.29 is 34.7 Å². The molecule has 3 rings (SSSR count). The van der Waals surface area contributed by atoms with Crippen LogP contribution in [0.25, 0.3) is 10.9 Å². The van der Waals surface area contributed by atoms with Crippen LogP contribution in [0.2, 0.25) is 5.02 Å². The van der Waals surface area contributed by atoms with Gasteiger partial charge in [-0.1, -0.05) is 11.6 Å². The fraction of sp³-hybridized carbons (Fsp3) is 0.357. The Bertz CT molecular complexity index is 782. The minimum Gasteiger partial charge on any atom is -0.479 e. The molecule has 1 aliphatic rings. The third-order valence-electron chi connectivity index (χ3n) is 3.76. The Balaban J connectivity index is 1.93. The van der Waals surface area contributed by atoms with E-state index in [1.54, 1.807) is 12.1 Å². The van der Waals surface area contributed by atoms with Gasteiger partial charge < -0.3 is 34.9 Å². The smallest absolute Gasteiger partial charge is 0.335 e. The van der Waals surface area contributed by atoms with E-state index in [0.717, 1.165) is 0 Å². The Morgan fingerprint density at radius 3 is 2.62 bits per heavy atom. The molecule has 130 valence electrons. The van der Waals surface area contributed by atoms with Crippen LogP contribution in [0.15, 0.2) is 22.8 Å². The van der Waals surface area contributed by atoms with Crippen LogP contribution < -0.4 is 4.74 Å². The number of aliphatic hydroxyl groups excluding tert-OH is 3. The number of H-pyrrole nitrogens is 1. The van der Waals surface area contributed by atoms with Crippen LogP contribution in [0.5, 0.6) is 5.75 Å². The fourth-order valence-corrected chi connectivity index (χ4v) is 3.08. The second-order valence-electron chi connectivity index (χ2n) is 5.29. The quantitative estimate of drug-likeness (QED) is 0.495. The van der Waals surface area contributed by atoms with Crippen molar-refractivity contribution in [3.8, 4) is 5.75 Å². The number of aromatic nitrogens is 1. The van der Waals surface area contributed by atoms with Gasteiger partial charge in [-0.25, -0.2) is 4.79 Å².